The number of rotatable bonds is 7. The van der Waals surface area contributed by atoms with Crippen molar-refractivity contribution >= 4 is 11.8 Å². The number of aliphatic hydroxyl groups excluding tert-OH is 1. The van der Waals surface area contributed by atoms with Gasteiger partial charge in [0.05, 0.1) is 6.61 Å². The van der Waals surface area contributed by atoms with Crippen LogP contribution in [0.2, 0.25) is 0 Å². The molecule has 0 saturated carbocycles. The van der Waals surface area contributed by atoms with Crippen LogP contribution in [0.3, 0.4) is 0 Å². The summed E-state index contributed by atoms with van der Waals surface area (Å²) in [5, 5.41) is 8.53. The molecule has 0 radical (unpaired) electrons. The molecule has 5 nitrogen and oxygen atoms in total. The van der Waals surface area contributed by atoms with Gasteiger partial charge in [-0.3, -0.25) is 4.79 Å². The molecule has 0 aromatic heterocycles. The summed E-state index contributed by atoms with van der Waals surface area (Å²) in [6.07, 6.45) is 0. The molecule has 1 N–H and O–H groups in total. The standard InChI is InChI=1S/C17H16O5/c18-10-11-21-16(19)12-22-15-8-6-14(7-9-15)17(20)13-4-2-1-3-5-13/h1-9,18H,10-12H2. The number of hydrogen-bond donors (Lipinski definition) is 1. The van der Waals surface area contributed by atoms with Gasteiger partial charge >= 0.3 is 5.97 Å². The van der Waals surface area contributed by atoms with Gasteiger partial charge in [0.25, 0.3) is 0 Å². The van der Waals surface area contributed by atoms with Crippen LogP contribution in [0.15, 0.2) is 54.6 Å². The summed E-state index contributed by atoms with van der Waals surface area (Å²) < 4.78 is 9.90. The number of ether oxygens (including phenoxy) is 2. The van der Waals surface area contributed by atoms with Crippen LogP contribution < -0.4 is 4.74 Å². The number of aliphatic hydroxyl groups is 1. The summed E-state index contributed by atoms with van der Waals surface area (Å²) in [5.74, 6) is -0.168. The van der Waals surface area contributed by atoms with Crippen LogP contribution in [0.25, 0.3) is 0 Å². The highest BCUT2D eigenvalue weighted by Gasteiger charge is 2.09. The largest absolute Gasteiger partial charge is 0.482 e. The topological polar surface area (TPSA) is 72.8 Å². The zero-order valence-corrected chi connectivity index (χ0v) is 11.9. The molecule has 2 aromatic rings. The molecule has 2 rings (SSSR count). The Labute approximate surface area is 128 Å². The van der Waals surface area contributed by atoms with Crippen molar-refractivity contribution in [2.24, 2.45) is 0 Å². The second-order valence-electron chi connectivity index (χ2n) is 4.45. The minimum Gasteiger partial charge on any atom is -0.482 e. The normalized spacial score (nSPS) is 10.0. The molecule has 0 atom stereocenters. The van der Waals surface area contributed by atoms with Gasteiger partial charge in [0.2, 0.25) is 0 Å². The van der Waals surface area contributed by atoms with Crippen molar-refractivity contribution in [3.8, 4) is 5.75 Å². The van der Waals surface area contributed by atoms with Crippen LogP contribution in [0.5, 0.6) is 5.75 Å². The first-order valence-corrected chi connectivity index (χ1v) is 6.80. The van der Waals surface area contributed by atoms with E-state index in [0.29, 0.717) is 16.9 Å². The fourth-order valence-corrected chi connectivity index (χ4v) is 1.80. The average molecular weight is 300 g/mol. The summed E-state index contributed by atoms with van der Waals surface area (Å²) in [6.45, 7) is -0.513. The summed E-state index contributed by atoms with van der Waals surface area (Å²) in [4.78, 5) is 23.4. The lowest BCUT2D eigenvalue weighted by molar-refractivity contribution is -0.146. The molecular weight excluding hydrogens is 284 g/mol. The number of hydrogen-bond acceptors (Lipinski definition) is 5. The van der Waals surface area contributed by atoms with Crippen molar-refractivity contribution in [1.82, 2.24) is 0 Å². The summed E-state index contributed by atoms with van der Waals surface area (Å²) >= 11 is 0. The predicted octanol–water partition coefficient (Wildman–Crippen LogP) is 1.83. The smallest absolute Gasteiger partial charge is 0.344 e. The molecule has 2 aromatic carbocycles. The van der Waals surface area contributed by atoms with E-state index >= 15 is 0 Å². The molecular formula is C17H16O5. The highest BCUT2D eigenvalue weighted by molar-refractivity contribution is 6.08. The van der Waals surface area contributed by atoms with Gasteiger partial charge in [0.1, 0.15) is 12.4 Å². The van der Waals surface area contributed by atoms with Crippen molar-refractivity contribution in [3.63, 3.8) is 0 Å². The molecule has 0 aliphatic carbocycles. The van der Waals surface area contributed by atoms with Crippen molar-refractivity contribution in [3.05, 3.63) is 65.7 Å². The lowest BCUT2D eigenvalue weighted by atomic mass is 10.0. The van der Waals surface area contributed by atoms with E-state index in [1.54, 1.807) is 36.4 Å². The number of ketones is 1. The number of carbonyl (C=O) groups excluding carboxylic acids is 2. The highest BCUT2D eigenvalue weighted by atomic mass is 16.6. The van der Waals surface area contributed by atoms with Crippen LogP contribution in [0.4, 0.5) is 0 Å². The zero-order chi connectivity index (χ0) is 15.8. The molecule has 0 aliphatic rings. The Morgan fingerprint density at radius 1 is 0.909 bits per heavy atom. The SMILES string of the molecule is O=C(COc1ccc(C(=O)c2ccccc2)cc1)OCCO. The predicted molar refractivity (Wildman–Crippen MR) is 79.9 cm³/mol. The minimum atomic E-state index is -0.557. The maximum absolute atomic E-state index is 12.2. The molecule has 5 heteroatoms. The Bertz CT molecular complexity index is 619. The van der Waals surface area contributed by atoms with Gasteiger partial charge in [-0.25, -0.2) is 4.79 Å². The second kappa shape index (κ2) is 7.95. The molecule has 0 unspecified atom stereocenters. The number of esters is 1. The van der Waals surface area contributed by atoms with Crippen LogP contribution >= 0.6 is 0 Å². The van der Waals surface area contributed by atoms with E-state index in [9.17, 15) is 9.59 Å². The van der Waals surface area contributed by atoms with Crippen molar-refractivity contribution in [2.75, 3.05) is 19.8 Å². The maximum atomic E-state index is 12.2. The van der Waals surface area contributed by atoms with Gasteiger partial charge in [0.15, 0.2) is 12.4 Å². The van der Waals surface area contributed by atoms with E-state index in [2.05, 4.69) is 4.74 Å². The Hall–Kier alpha value is -2.66. The fourth-order valence-electron chi connectivity index (χ4n) is 1.80. The lowest BCUT2D eigenvalue weighted by Crippen LogP contribution is -2.16. The van der Waals surface area contributed by atoms with E-state index in [-0.39, 0.29) is 25.6 Å². The molecule has 22 heavy (non-hydrogen) atoms. The molecule has 0 aliphatic heterocycles. The van der Waals surface area contributed by atoms with Crippen LogP contribution in [0, 0.1) is 0 Å². The van der Waals surface area contributed by atoms with Crippen molar-refractivity contribution < 1.29 is 24.2 Å². The third kappa shape index (κ3) is 4.43. The monoisotopic (exact) mass is 300 g/mol. The summed E-state index contributed by atoms with van der Waals surface area (Å²) in [7, 11) is 0. The zero-order valence-electron chi connectivity index (χ0n) is 11.9. The Kier molecular flexibility index (Phi) is 5.68. The van der Waals surface area contributed by atoms with E-state index in [1.165, 1.54) is 0 Å². The van der Waals surface area contributed by atoms with E-state index in [0.717, 1.165) is 0 Å². The van der Waals surface area contributed by atoms with Crippen LogP contribution in [-0.4, -0.2) is 36.7 Å². The molecule has 0 amide bonds. The molecule has 0 bridgehead atoms. The third-order valence-electron chi connectivity index (χ3n) is 2.86. The molecule has 0 fully saturated rings. The van der Waals surface area contributed by atoms with E-state index in [4.69, 9.17) is 9.84 Å². The van der Waals surface area contributed by atoms with Crippen LogP contribution in [0.1, 0.15) is 15.9 Å². The van der Waals surface area contributed by atoms with E-state index in [1.807, 2.05) is 18.2 Å². The highest BCUT2D eigenvalue weighted by Crippen LogP contribution is 2.15. The lowest BCUT2D eigenvalue weighted by Gasteiger charge is -2.07. The fraction of sp³-hybridized carbons (Fsp3) is 0.176. The van der Waals surface area contributed by atoms with Gasteiger partial charge in [-0.05, 0) is 24.3 Å². The number of carbonyl (C=O) groups is 2. The first-order valence-electron chi connectivity index (χ1n) is 6.80. The molecule has 0 spiro atoms. The van der Waals surface area contributed by atoms with Gasteiger partial charge in [-0.15, -0.1) is 0 Å². The first-order chi connectivity index (χ1) is 10.7. The van der Waals surface area contributed by atoms with Crippen molar-refractivity contribution in [2.45, 2.75) is 0 Å². The minimum absolute atomic E-state index is 0.0489. The second-order valence-corrected chi connectivity index (χ2v) is 4.45. The quantitative estimate of drug-likeness (QED) is 0.624. The van der Waals surface area contributed by atoms with Gasteiger partial charge in [-0.1, -0.05) is 30.3 Å². The van der Waals surface area contributed by atoms with Gasteiger partial charge < -0.3 is 14.6 Å². The van der Waals surface area contributed by atoms with Gasteiger partial charge in [-0.2, -0.15) is 0 Å². The molecule has 0 saturated heterocycles. The van der Waals surface area contributed by atoms with Gasteiger partial charge in [0, 0.05) is 11.1 Å². The van der Waals surface area contributed by atoms with Crippen molar-refractivity contribution in [1.29, 1.82) is 0 Å². The molecule has 0 heterocycles. The molecule has 114 valence electrons. The average Bonchev–Trinajstić information content (AvgIpc) is 2.58. The summed E-state index contributed by atoms with van der Waals surface area (Å²) in [6, 6.07) is 15.5. The van der Waals surface area contributed by atoms with Crippen LogP contribution in [-0.2, 0) is 9.53 Å². The van der Waals surface area contributed by atoms with E-state index < -0.39 is 5.97 Å². The third-order valence-corrected chi connectivity index (χ3v) is 2.86. The summed E-state index contributed by atoms with van der Waals surface area (Å²) in [5.41, 5.74) is 1.16. The Morgan fingerprint density at radius 3 is 2.18 bits per heavy atom. The Morgan fingerprint density at radius 2 is 1.55 bits per heavy atom. The number of benzene rings is 2. The Balaban J connectivity index is 1.93. The first kappa shape index (κ1) is 15.7. The maximum Gasteiger partial charge on any atom is 0.344 e.